The van der Waals surface area contributed by atoms with Gasteiger partial charge in [-0.2, -0.15) is 0 Å². The van der Waals surface area contributed by atoms with Crippen LogP contribution in [0.15, 0.2) is 18.2 Å². The van der Waals surface area contributed by atoms with Crippen molar-refractivity contribution in [1.82, 2.24) is 5.32 Å². The highest BCUT2D eigenvalue weighted by Gasteiger charge is 2.21. The summed E-state index contributed by atoms with van der Waals surface area (Å²) in [6.45, 7) is 1.98. The van der Waals surface area contributed by atoms with E-state index in [2.05, 4.69) is 5.32 Å². The van der Waals surface area contributed by atoms with Crippen LogP contribution in [0.3, 0.4) is 0 Å². The Morgan fingerprint density at radius 1 is 1.29 bits per heavy atom. The Morgan fingerprint density at radius 3 is 2.29 bits per heavy atom. The minimum absolute atomic E-state index is 0.0565. The van der Waals surface area contributed by atoms with Gasteiger partial charge in [-0.25, -0.2) is 8.78 Å². The molecule has 17 heavy (non-hydrogen) atoms. The maximum Gasteiger partial charge on any atom is 0.129 e. The molecule has 0 saturated carbocycles. The van der Waals surface area contributed by atoms with Crippen molar-refractivity contribution in [3.8, 4) is 0 Å². The molecule has 1 aromatic carbocycles. The molecule has 0 fully saturated rings. The van der Waals surface area contributed by atoms with Crippen molar-refractivity contribution >= 4 is 0 Å². The first kappa shape index (κ1) is 14.1. The van der Waals surface area contributed by atoms with Crippen LogP contribution in [0, 0.1) is 11.6 Å². The molecule has 4 heteroatoms. The summed E-state index contributed by atoms with van der Waals surface area (Å²) in [4.78, 5) is 0. The maximum absolute atomic E-state index is 13.5. The van der Waals surface area contributed by atoms with E-state index in [-0.39, 0.29) is 24.1 Å². The smallest absolute Gasteiger partial charge is 0.129 e. The molecule has 2 nitrogen and oxygen atoms in total. The third-order valence-electron chi connectivity index (χ3n) is 3.01. The predicted molar refractivity (Wildman–Crippen MR) is 64.0 cm³/mol. The molecule has 0 saturated heterocycles. The van der Waals surface area contributed by atoms with Crippen molar-refractivity contribution in [2.45, 2.75) is 31.9 Å². The van der Waals surface area contributed by atoms with Gasteiger partial charge in [0.1, 0.15) is 11.6 Å². The summed E-state index contributed by atoms with van der Waals surface area (Å²) >= 11 is 0. The molecule has 1 aromatic rings. The van der Waals surface area contributed by atoms with Crippen LogP contribution in [0.5, 0.6) is 0 Å². The molecule has 1 rings (SSSR count). The van der Waals surface area contributed by atoms with Crippen molar-refractivity contribution in [3.63, 3.8) is 0 Å². The predicted octanol–water partition coefficient (Wildman–Crippen LogP) is 2.52. The number of ether oxygens (including phenoxy) is 1. The summed E-state index contributed by atoms with van der Waals surface area (Å²) in [5.74, 6) is -1.01. The van der Waals surface area contributed by atoms with Gasteiger partial charge in [0.05, 0.1) is 6.10 Å². The summed E-state index contributed by atoms with van der Waals surface area (Å²) < 4.78 is 32.3. The van der Waals surface area contributed by atoms with Crippen LogP contribution in [0.1, 0.15) is 18.9 Å². The molecule has 0 heterocycles. The van der Waals surface area contributed by atoms with Gasteiger partial charge in [-0.15, -0.1) is 0 Å². The lowest BCUT2D eigenvalue weighted by Gasteiger charge is -2.25. The molecule has 96 valence electrons. The first-order valence-corrected chi connectivity index (χ1v) is 5.77. The van der Waals surface area contributed by atoms with E-state index < -0.39 is 11.6 Å². The van der Waals surface area contributed by atoms with Crippen molar-refractivity contribution in [2.75, 3.05) is 14.2 Å². The van der Waals surface area contributed by atoms with Crippen LogP contribution in [0.4, 0.5) is 8.78 Å². The fraction of sp³-hybridized carbons (Fsp3) is 0.538. The van der Waals surface area contributed by atoms with E-state index in [0.717, 1.165) is 6.42 Å². The van der Waals surface area contributed by atoms with Gasteiger partial charge < -0.3 is 10.1 Å². The molecule has 0 aliphatic carbocycles. The van der Waals surface area contributed by atoms with E-state index in [1.807, 2.05) is 6.92 Å². The molecular formula is C13H19F2NO. The molecule has 0 amide bonds. The number of hydrogen-bond acceptors (Lipinski definition) is 2. The number of hydrogen-bond donors (Lipinski definition) is 1. The molecule has 1 N–H and O–H groups in total. The minimum Gasteiger partial charge on any atom is -0.380 e. The quantitative estimate of drug-likeness (QED) is 0.829. The zero-order valence-electron chi connectivity index (χ0n) is 10.5. The molecule has 0 aromatic heterocycles. The number of likely N-dealkylation sites (N-methyl/N-ethyl adjacent to an activating group) is 1. The fourth-order valence-electron chi connectivity index (χ4n) is 1.98. The summed E-state index contributed by atoms with van der Waals surface area (Å²) in [7, 11) is 3.38. The Kier molecular flexibility index (Phi) is 5.51. The number of nitrogens with one attached hydrogen (secondary N) is 1. The van der Waals surface area contributed by atoms with E-state index in [4.69, 9.17) is 4.74 Å². The second-order valence-electron chi connectivity index (χ2n) is 3.98. The van der Waals surface area contributed by atoms with Gasteiger partial charge >= 0.3 is 0 Å². The Bertz CT molecular complexity index is 333. The van der Waals surface area contributed by atoms with Gasteiger partial charge in [-0.05, 0) is 32.0 Å². The highest BCUT2D eigenvalue weighted by Crippen LogP contribution is 2.17. The summed E-state index contributed by atoms with van der Waals surface area (Å²) in [6, 6.07) is 3.82. The SMILES string of the molecule is CCC(OC)C(Cc1c(F)cccc1F)NC. The Balaban J connectivity index is 2.87. The van der Waals surface area contributed by atoms with Crippen LogP contribution in [-0.4, -0.2) is 26.3 Å². The normalized spacial score (nSPS) is 14.6. The fourth-order valence-corrected chi connectivity index (χ4v) is 1.98. The van der Waals surface area contributed by atoms with Crippen LogP contribution in [0.2, 0.25) is 0 Å². The van der Waals surface area contributed by atoms with Gasteiger partial charge in [-0.1, -0.05) is 13.0 Å². The van der Waals surface area contributed by atoms with Crippen LogP contribution in [0.25, 0.3) is 0 Å². The molecule has 0 aliphatic heterocycles. The summed E-state index contributed by atoms with van der Waals surface area (Å²) in [5.41, 5.74) is 0.113. The maximum atomic E-state index is 13.5. The van der Waals surface area contributed by atoms with Gasteiger partial charge in [0.2, 0.25) is 0 Å². The Hall–Kier alpha value is -1.00. The summed E-state index contributed by atoms with van der Waals surface area (Å²) in [5, 5.41) is 3.05. The van der Waals surface area contributed by atoms with Crippen LogP contribution >= 0.6 is 0 Å². The second-order valence-corrected chi connectivity index (χ2v) is 3.98. The summed E-state index contributed by atoms with van der Waals surface area (Å²) in [6.07, 6.45) is 1.01. The van der Waals surface area contributed by atoms with Crippen molar-refractivity contribution in [3.05, 3.63) is 35.4 Å². The van der Waals surface area contributed by atoms with Gasteiger partial charge in [0.25, 0.3) is 0 Å². The third kappa shape index (κ3) is 3.48. The Morgan fingerprint density at radius 2 is 1.88 bits per heavy atom. The zero-order valence-corrected chi connectivity index (χ0v) is 10.5. The molecule has 0 bridgehead atoms. The average Bonchev–Trinajstić information content (AvgIpc) is 2.33. The lowest BCUT2D eigenvalue weighted by atomic mass is 9.99. The van der Waals surface area contributed by atoms with E-state index >= 15 is 0 Å². The zero-order chi connectivity index (χ0) is 12.8. The standard InChI is InChI=1S/C13H19F2NO/c1-4-13(17-3)12(16-2)8-9-10(14)6-5-7-11(9)15/h5-7,12-13,16H,4,8H2,1-3H3. The molecule has 2 unspecified atom stereocenters. The number of halogens is 2. The number of rotatable bonds is 6. The molecule has 0 radical (unpaired) electrons. The molecular weight excluding hydrogens is 224 g/mol. The van der Waals surface area contributed by atoms with Crippen LogP contribution in [-0.2, 0) is 11.2 Å². The van der Waals surface area contributed by atoms with E-state index in [0.29, 0.717) is 0 Å². The van der Waals surface area contributed by atoms with Crippen molar-refractivity contribution in [1.29, 1.82) is 0 Å². The largest absolute Gasteiger partial charge is 0.380 e. The minimum atomic E-state index is -0.504. The molecule has 0 spiro atoms. The van der Waals surface area contributed by atoms with Gasteiger partial charge in [0, 0.05) is 18.7 Å². The number of benzene rings is 1. The van der Waals surface area contributed by atoms with Crippen molar-refractivity contribution in [2.24, 2.45) is 0 Å². The first-order chi connectivity index (χ1) is 8.13. The van der Waals surface area contributed by atoms with Crippen molar-refractivity contribution < 1.29 is 13.5 Å². The van der Waals surface area contributed by atoms with Crippen LogP contribution < -0.4 is 5.32 Å². The van der Waals surface area contributed by atoms with E-state index in [1.165, 1.54) is 18.2 Å². The van der Waals surface area contributed by atoms with E-state index in [9.17, 15) is 8.78 Å². The van der Waals surface area contributed by atoms with Gasteiger partial charge in [-0.3, -0.25) is 0 Å². The highest BCUT2D eigenvalue weighted by atomic mass is 19.1. The average molecular weight is 243 g/mol. The lowest BCUT2D eigenvalue weighted by molar-refractivity contribution is 0.0673. The third-order valence-corrected chi connectivity index (χ3v) is 3.01. The Labute approximate surface area is 101 Å². The topological polar surface area (TPSA) is 21.3 Å². The highest BCUT2D eigenvalue weighted by molar-refractivity contribution is 5.21. The lowest BCUT2D eigenvalue weighted by Crippen LogP contribution is -2.40. The van der Waals surface area contributed by atoms with E-state index in [1.54, 1.807) is 14.2 Å². The van der Waals surface area contributed by atoms with Gasteiger partial charge in [0.15, 0.2) is 0 Å². The molecule has 2 atom stereocenters. The second kappa shape index (κ2) is 6.67. The first-order valence-electron chi connectivity index (χ1n) is 5.77. The number of methoxy groups -OCH3 is 1. The molecule has 0 aliphatic rings. The monoisotopic (exact) mass is 243 g/mol.